The van der Waals surface area contributed by atoms with Crippen LogP contribution in [0.4, 0.5) is 0 Å². The van der Waals surface area contributed by atoms with Gasteiger partial charge in [0.05, 0.1) is 11.1 Å². The number of ether oxygens (including phenoxy) is 4. The summed E-state index contributed by atoms with van der Waals surface area (Å²) in [6.45, 7) is 8.09. The Bertz CT molecular complexity index is 1230. The molecule has 0 amide bonds. The van der Waals surface area contributed by atoms with Gasteiger partial charge in [-0.2, -0.15) is 0 Å². The third kappa shape index (κ3) is 15.1. The molecular formula is C43H58O6. The molecule has 6 heteroatoms. The highest BCUT2D eigenvalue weighted by Gasteiger charge is 2.50. The van der Waals surface area contributed by atoms with E-state index in [1.807, 2.05) is 62.4 Å². The molecule has 1 aliphatic rings. The van der Waals surface area contributed by atoms with Crippen molar-refractivity contribution >= 4 is 11.9 Å². The summed E-state index contributed by atoms with van der Waals surface area (Å²) in [6.07, 6.45) is 26.2. The maximum Gasteiger partial charge on any atom is 0.338 e. The van der Waals surface area contributed by atoms with Gasteiger partial charge in [0.1, 0.15) is 24.4 Å². The Balaban J connectivity index is 1.83. The van der Waals surface area contributed by atoms with Crippen LogP contribution in [0.3, 0.4) is 0 Å². The van der Waals surface area contributed by atoms with Gasteiger partial charge in [-0.3, -0.25) is 0 Å². The fourth-order valence-corrected chi connectivity index (χ4v) is 5.71. The first-order valence-corrected chi connectivity index (χ1v) is 18.3. The highest BCUT2D eigenvalue weighted by Crippen LogP contribution is 2.36. The second-order valence-electron chi connectivity index (χ2n) is 13.0. The number of unbranched alkanes of at least 4 members (excludes halogenated alkanes) is 6. The van der Waals surface area contributed by atoms with Crippen LogP contribution in [-0.2, 0) is 18.9 Å². The lowest BCUT2D eigenvalue weighted by atomic mass is 9.97. The average molecular weight is 671 g/mol. The van der Waals surface area contributed by atoms with Gasteiger partial charge in [0, 0.05) is 12.8 Å². The van der Waals surface area contributed by atoms with E-state index in [0.717, 1.165) is 25.7 Å². The van der Waals surface area contributed by atoms with E-state index < -0.39 is 42.1 Å². The van der Waals surface area contributed by atoms with Crippen molar-refractivity contribution in [3.8, 4) is 0 Å². The quantitative estimate of drug-likeness (QED) is 0.0705. The first-order chi connectivity index (χ1) is 23.8. The molecule has 0 unspecified atom stereocenters. The van der Waals surface area contributed by atoms with Crippen LogP contribution in [0.5, 0.6) is 0 Å². The van der Waals surface area contributed by atoms with Gasteiger partial charge in [-0.1, -0.05) is 125 Å². The normalized spacial score (nSPS) is 18.9. The van der Waals surface area contributed by atoms with E-state index in [4.69, 9.17) is 18.9 Å². The van der Waals surface area contributed by atoms with Gasteiger partial charge in [0.15, 0.2) is 5.79 Å². The molecule has 2 aromatic rings. The third-order valence-electron chi connectivity index (χ3n) is 8.33. The summed E-state index contributed by atoms with van der Waals surface area (Å²) in [5.74, 6) is -1.87. The van der Waals surface area contributed by atoms with Crippen LogP contribution < -0.4 is 0 Å². The zero-order valence-corrected chi connectivity index (χ0v) is 30.1. The molecule has 0 aromatic heterocycles. The summed E-state index contributed by atoms with van der Waals surface area (Å²) in [6, 6.07) is 17.9. The molecular weight excluding hydrogens is 612 g/mol. The number of hydrogen-bond acceptors (Lipinski definition) is 6. The Hall–Kier alpha value is -3.74. The largest absolute Gasteiger partial charge is 0.456 e. The minimum absolute atomic E-state index is 0.418. The maximum atomic E-state index is 13.4. The fraction of sp³-hybridized carbons (Fsp3) is 0.488. The zero-order valence-electron chi connectivity index (χ0n) is 30.1. The van der Waals surface area contributed by atoms with Crippen LogP contribution in [0.25, 0.3) is 0 Å². The van der Waals surface area contributed by atoms with Crippen molar-refractivity contribution < 1.29 is 28.5 Å². The number of esters is 2. The number of rotatable bonds is 22. The number of hydrogen-bond donors (Lipinski definition) is 0. The number of carbonyl (C=O) groups is 2. The summed E-state index contributed by atoms with van der Waals surface area (Å²) in [7, 11) is 0. The van der Waals surface area contributed by atoms with Gasteiger partial charge < -0.3 is 18.9 Å². The molecule has 1 saturated heterocycles. The average Bonchev–Trinajstić information content (AvgIpc) is 3.44. The lowest BCUT2D eigenvalue weighted by Crippen LogP contribution is -2.45. The van der Waals surface area contributed by atoms with Gasteiger partial charge >= 0.3 is 11.9 Å². The molecule has 266 valence electrons. The van der Waals surface area contributed by atoms with Crippen LogP contribution >= 0.6 is 0 Å². The van der Waals surface area contributed by atoms with Crippen LogP contribution in [0.2, 0.25) is 0 Å². The van der Waals surface area contributed by atoms with Gasteiger partial charge in [0.25, 0.3) is 0 Å². The second-order valence-corrected chi connectivity index (χ2v) is 13.0. The molecule has 2 aromatic carbocycles. The van der Waals surface area contributed by atoms with Crippen molar-refractivity contribution in [3.63, 3.8) is 0 Å². The van der Waals surface area contributed by atoms with Crippen molar-refractivity contribution in [2.75, 3.05) is 0 Å². The van der Waals surface area contributed by atoms with Gasteiger partial charge in [-0.25, -0.2) is 9.59 Å². The number of allylic oxidation sites excluding steroid dienone is 6. The predicted octanol–water partition coefficient (Wildman–Crippen LogP) is 10.9. The molecule has 0 saturated carbocycles. The highest BCUT2D eigenvalue weighted by atomic mass is 16.8. The molecule has 6 nitrogen and oxygen atoms in total. The minimum Gasteiger partial charge on any atom is -0.456 e. The summed E-state index contributed by atoms with van der Waals surface area (Å²) < 4.78 is 25.3. The van der Waals surface area contributed by atoms with Crippen molar-refractivity contribution in [2.45, 2.75) is 135 Å². The van der Waals surface area contributed by atoms with Crippen LogP contribution in [-0.4, -0.2) is 42.1 Å². The predicted molar refractivity (Wildman–Crippen MR) is 198 cm³/mol. The van der Waals surface area contributed by atoms with E-state index in [9.17, 15) is 9.59 Å². The number of benzene rings is 2. The molecule has 0 bridgehead atoms. The summed E-state index contributed by atoms with van der Waals surface area (Å²) >= 11 is 0. The molecule has 1 heterocycles. The minimum atomic E-state index is -0.986. The molecule has 0 radical (unpaired) electrons. The Labute approximate surface area is 295 Å². The molecule has 0 N–H and O–H groups in total. The van der Waals surface area contributed by atoms with E-state index in [1.165, 1.54) is 38.5 Å². The highest BCUT2D eigenvalue weighted by molar-refractivity contribution is 5.90. The topological polar surface area (TPSA) is 71.1 Å². The summed E-state index contributed by atoms with van der Waals surface area (Å²) in [5, 5.41) is 0. The van der Waals surface area contributed by atoms with Gasteiger partial charge in [-0.05, 0) is 76.6 Å². The van der Waals surface area contributed by atoms with Crippen LogP contribution in [0, 0.1) is 0 Å². The SMILES string of the molecule is CCCCC/C=C\C/C=C\C[C@H](OC(=O)c1ccccc1)[C@@H]1OC(C)(C)O[C@H]1[C@H](C/C=C\C/C=C\CCCCC)OC(=O)c1ccccc1. The van der Waals surface area contributed by atoms with E-state index in [0.29, 0.717) is 24.0 Å². The van der Waals surface area contributed by atoms with E-state index in [2.05, 4.69) is 50.3 Å². The molecule has 49 heavy (non-hydrogen) atoms. The Morgan fingerprint density at radius 2 is 1.00 bits per heavy atom. The van der Waals surface area contributed by atoms with E-state index >= 15 is 0 Å². The Morgan fingerprint density at radius 1 is 0.612 bits per heavy atom. The molecule has 3 rings (SSSR count). The van der Waals surface area contributed by atoms with Crippen molar-refractivity contribution in [1.29, 1.82) is 0 Å². The van der Waals surface area contributed by atoms with Crippen molar-refractivity contribution in [1.82, 2.24) is 0 Å². The Morgan fingerprint density at radius 3 is 1.39 bits per heavy atom. The monoisotopic (exact) mass is 670 g/mol. The molecule has 4 atom stereocenters. The lowest BCUT2D eigenvalue weighted by Gasteiger charge is -2.30. The summed E-state index contributed by atoms with van der Waals surface area (Å²) in [4.78, 5) is 26.7. The third-order valence-corrected chi connectivity index (χ3v) is 8.33. The van der Waals surface area contributed by atoms with Crippen LogP contribution in [0.1, 0.15) is 125 Å². The van der Waals surface area contributed by atoms with Crippen molar-refractivity contribution in [2.24, 2.45) is 0 Å². The first-order valence-electron chi connectivity index (χ1n) is 18.3. The Kier molecular flexibility index (Phi) is 18.5. The van der Waals surface area contributed by atoms with E-state index in [1.54, 1.807) is 24.3 Å². The molecule has 1 aliphatic heterocycles. The molecule has 0 spiro atoms. The van der Waals surface area contributed by atoms with Crippen molar-refractivity contribution in [3.05, 3.63) is 120 Å². The van der Waals surface area contributed by atoms with Gasteiger partial charge in [-0.15, -0.1) is 0 Å². The first kappa shape index (κ1) is 39.7. The standard InChI is InChI=1S/C43H58O6/c1-5-7-9-11-13-15-17-19-27-33-37(46-41(44)35-29-23-21-24-30-35)39-40(49-43(3,4)48-39)38(47-42(45)36-31-25-22-26-32-36)34-28-20-18-16-14-12-10-8-6-2/h13-16,19-32,37-40H,5-12,17-18,33-34H2,1-4H3/b15-13-,16-14-,27-19-,28-20-/t37-,38-,39-,40-/m0/s1. The maximum absolute atomic E-state index is 13.4. The zero-order chi connectivity index (χ0) is 35.2. The lowest BCUT2D eigenvalue weighted by molar-refractivity contribution is -0.160. The van der Waals surface area contributed by atoms with Gasteiger partial charge in [0.2, 0.25) is 0 Å². The molecule has 0 aliphatic carbocycles. The van der Waals surface area contributed by atoms with E-state index in [-0.39, 0.29) is 0 Å². The molecule has 1 fully saturated rings. The van der Waals surface area contributed by atoms with Crippen LogP contribution in [0.15, 0.2) is 109 Å². The smallest absolute Gasteiger partial charge is 0.338 e. The summed E-state index contributed by atoms with van der Waals surface area (Å²) in [5.41, 5.74) is 0.915. The fourth-order valence-electron chi connectivity index (χ4n) is 5.71. The number of carbonyl (C=O) groups excluding carboxylic acids is 2. The second kappa shape index (κ2) is 22.8.